The summed E-state index contributed by atoms with van der Waals surface area (Å²) in [6, 6.07) is 9.62. The van der Waals surface area contributed by atoms with E-state index >= 15 is 0 Å². The molecule has 6 heteroatoms. The second-order valence-electron chi connectivity index (χ2n) is 5.82. The first-order valence-corrected chi connectivity index (χ1v) is 8.78. The Morgan fingerprint density at radius 1 is 1.22 bits per heavy atom. The van der Waals surface area contributed by atoms with Crippen molar-refractivity contribution in [3.63, 3.8) is 0 Å². The summed E-state index contributed by atoms with van der Waals surface area (Å²) in [7, 11) is 0. The quantitative estimate of drug-likeness (QED) is 0.876. The van der Waals surface area contributed by atoms with Gasteiger partial charge in [0.15, 0.2) is 5.13 Å². The molecule has 1 aromatic carbocycles. The minimum absolute atomic E-state index is 0.329. The standard InChI is InChI=1S/C17H23N3O2S/c1-14-11-18-17(23-14)20-9-7-19(8-10-20)12-15(21)13-22-16-5-3-2-4-6-16/h2-6,11,15,21H,7-10,12-13H2,1H3. The van der Waals surface area contributed by atoms with Crippen LogP contribution in [0.3, 0.4) is 0 Å². The third kappa shape index (κ3) is 4.67. The van der Waals surface area contributed by atoms with Gasteiger partial charge in [-0.3, -0.25) is 4.90 Å². The van der Waals surface area contributed by atoms with Crippen LogP contribution < -0.4 is 9.64 Å². The molecule has 0 saturated carbocycles. The molecule has 1 aromatic heterocycles. The molecular weight excluding hydrogens is 310 g/mol. The first kappa shape index (κ1) is 16.2. The zero-order chi connectivity index (χ0) is 16.1. The second kappa shape index (κ2) is 7.77. The van der Waals surface area contributed by atoms with E-state index in [-0.39, 0.29) is 0 Å². The number of aromatic nitrogens is 1. The summed E-state index contributed by atoms with van der Waals surface area (Å²) in [6.07, 6.45) is 1.46. The molecule has 1 unspecified atom stereocenters. The molecule has 124 valence electrons. The maximum absolute atomic E-state index is 10.2. The van der Waals surface area contributed by atoms with E-state index in [2.05, 4.69) is 21.7 Å². The number of hydrogen-bond donors (Lipinski definition) is 1. The van der Waals surface area contributed by atoms with Crippen molar-refractivity contribution in [3.05, 3.63) is 41.4 Å². The lowest BCUT2D eigenvalue weighted by molar-refractivity contribution is 0.0663. The van der Waals surface area contributed by atoms with Crippen molar-refractivity contribution in [2.24, 2.45) is 0 Å². The first-order chi connectivity index (χ1) is 11.2. The van der Waals surface area contributed by atoms with E-state index in [0.29, 0.717) is 13.2 Å². The van der Waals surface area contributed by atoms with Gasteiger partial charge in [-0.05, 0) is 19.1 Å². The highest BCUT2D eigenvalue weighted by Gasteiger charge is 2.21. The van der Waals surface area contributed by atoms with E-state index in [4.69, 9.17) is 4.74 Å². The largest absolute Gasteiger partial charge is 0.491 e. The van der Waals surface area contributed by atoms with Gasteiger partial charge in [0.1, 0.15) is 18.5 Å². The number of nitrogens with zero attached hydrogens (tertiary/aromatic N) is 3. The van der Waals surface area contributed by atoms with Gasteiger partial charge in [-0.15, -0.1) is 11.3 Å². The molecule has 0 radical (unpaired) electrons. The Morgan fingerprint density at radius 3 is 2.61 bits per heavy atom. The number of β-amino-alcohol motifs (C(OH)–C–C–N with tert-alkyl or cyclic N) is 1. The van der Waals surface area contributed by atoms with Crippen LogP contribution in [0, 0.1) is 6.92 Å². The zero-order valence-electron chi connectivity index (χ0n) is 13.4. The fourth-order valence-electron chi connectivity index (χ4n) is 2.67. The number of hydrogen-bond acceptors (Lipinski definition) is 6. The van der Waals surface area contributed by atoms with Crippen molar-refractivity contribution in [3.8, 4) is 5.75 Å². The van der Waals surface area contributed by atoms with E-state index in [9.17, 15) is 5.11 Å². The Kier molecular flexibility index (Phi) is 5.48. The average Bonchev–Trinajstić information content (AvgIpc) is 3.01. The summed E-state index contributed by atoms with van der Waals surface area (Å²) in [5.74, 6) is 0.801. The summed E-state index contributed by atoms with van der Waals surface area (Å²) in [6.45, 7) is 6.87. The van der Waals surface area contributed by atoms with Gasteiger partial charge in [0, 0.05) is 43.8 Å². The van der Waals surface area contributed by atoms with Gasteiger partial charge in [-0.25, -0.2) is 4.98 Å². The predicted octanol–water partition coefficient (Wildman–Crippen LogP) is 2.01. The van der Waals surface area contributed by atoms with Gasteiger partial charge in [0.05, 0.1) is 0 Å². The monoisotopic (exact) mass is 333 g/mol. The second-order valence-corrected chi connectivity index (χ2v) is 7.03. The van der Waals surface area contributed by atoms with Crippen LogP contribution >= 0.6 is 11.3 Å². The van der Waals surface area contributed by atoms with Gasteiger partial charge in [-0.2, -0.15) is 0 Å². The van der Waals surface area contributed by atoms with Gasteiger partial charge in [0.25, 0.3) is 0 Å². The van der Waals surface area contributed by atoms with E-state index in [1.807, 2.05) is 36.5 Å². The molecule has 0 amide bonds. The lowest BCUT2D eigenvalue weighted by Gasteiger charge is -2.35. The molecule has 1 saturated heterocycles. The highest BCUT2D eigenvalue weighted by Crippen LogP contribution is 2.22. The molecule has 3 rings (SSSR count). The predicted molar refractivity (Wildman–Crippen MR) is 93.4 cm³/mol. The third-order valence-electron chi connectivity index (χ3n) is 3.91. The smallest absolute Gasteiger partial charge is 0.185 e. The molecule has 0 spiro atoms. The summed E-state index contributed by atoms with van der Waals surface area (Å²) >= 11 is 1.74. The van der Waals surface area contributed by atoms with E-state index in [1.54, 1.807) is 11.3 Å². The maximum Gasteiger partial charge on any atom is 0.185 e. The number of thiazole rings is 1. The highest BCUT2D eigenvalue weighted by atomic mass is 32.1. The SMILES string of the molecule is Cc1cnc(N2CCN(CC(O)COc3ccccc3)CC2)s1. The Hall–Kier alpha value is -1.63. The van der Waals surface area contributed by atoms with Crippen LogP contribution in [0.15, 0.2) is 36.5 Å². The van der Waals surface area contributed by atoms with Gasteiger partial charge < -0.3 is 14.7 Å². The molecule has 1 N–H and O–H groups in total. The number of ether oxygens (including phenoxy) is 1. The van der Waals surface area contributed by atoms with Crippen LogP contribution in [0.5, 0.6) is 5.75 Å². The fourth-order valence-corrected chi connectivity index (χ4v) is 3.48. The number of aryl methyl sites for hydroxylation is 1. The number of anilines is 1. The zero-order valence-corrected chi connectivity index (χ0v) is 14.2. The van der Waals surface area contributed by atoms with Crippen molar-refractivity contribution < 1.29 is 9.84 Å². The van der Waals surface area contributed by atoms with Crippen LogP contribution in [-0.4, -0.2) is 60.4 Å². The number of piperazine rings is 1. The van der Waals surface area contributed by atoms with Crippen molar-refractivity contribution in [2.45, 2.75) is 13.0 Å². The maximum atomic E-state index is 10.2. The van der Waals surface area contributed by atoms with Crippen LogP contribution in [-0.2, 0) is 0 Å². The Balaban J connectivity index is 1.40. The third-order valence-corrected chi connectivity index (χ3v) is 4.88. The van der Waals surface area contributed by atoms with Crippen LogP contribution in [0.4, 0.5) is 5.13 Å². The van der Waals surface area contributed by atoms with E-state index in [1.165, 1.54) is 4.88 Å². The lowest BCUT2D eigenvalue weighted by Crippen LogP contribution is -2.49. The molecule has 5 nitrogen and oxygen atoms in total. The Morgan fingerprint density at radius 2 is 1.96 bits per heavy atom. The highest BCUT2D eigenvalue weighted by molar-refractivity contribution is 7.15. The summed E-state index contributed by atoms with van der Waals surface area (Å²) in [5.41, 5.74) is 0. The number of para-hydroxylation sites is 1. The summed E-state index contributed by atoms with van der Waals surface area (Å²) in [4.78, 5) is 10.3. The molecule has 23 heavy (non-hydrogen) atoms. The van der Waals surface area contributed by atoms with Crippen LogP contribution in [0.2, 0.25) is 0 Å². The molecular formula is C17H23N3O2S. The molecule has 1 atom stereocenters. The van der Waals surface area contributed by atoms with Crippen LogP contribution in [0.25, 0.3) is 0 Å². The summed E-state index contributed by atoms with van der Waals surface area (Å²) < 4.78 is 5.61. The van der Waals surface area contributed by atoms with Crippen molar-refractivity contribution in [1.82, 2.24) is 9.88 Å². The molecule has 2 heterocycles. The number of aliphatic hydroxyl groups is 1. The minimum atomic E-state index is -0.469. The molecule has 2 aromatic rings. The topological polar surface area (TPSA) is 48.8 Å². The first-order valence-electron chi connectivity index (χ1n) is 7.96. The van der Waals surface area contributed by atoms with Gasteiger partial charge in [-0.1, -0.05) is 18.2 Å². The van der Waals surface area contributed by atoms with Crippen molar-refractivity contribution in [2.75, 3.05) is 44.2 Å². The van der Waals surface area contributed by atoms with Gasteiger partial charge >= 0.3 is 0 Å². The lowest BCUT2D eigenvalue weighted by atomic mass is 10.2. The molecule has 0 bridgehead atoms. The van der Waals surface area contributed by atoms with E-state index in [0.717, 1.165) is 37.1 Å². The molecule has 0 aliphatic carbocycles. The minimum Gasteiger partial charge on any atom is -0.491 e. The Bertz CT molecular complexity index is 597. The Labute approximate surface area is 141 Å². The molecule has 1 aliphatic heterocycles. The number of aliphatic hydroxyl groups excluding tert-OH is 1. The number of rotatable bonds is 6. The van der Waals surface area contributed by atoms with Crippen LogP contribution in [0.1, 0.15) is 4.88 Å². The fraction of sp³-hybridized carbons (Fsp3) is 0.471. The van der Waals surface area contributed by atoms with E-state index < -0.39 is 6.10 Å². The van der Waals surface area contributed by atoms with Gasteiger partial charge in [0.2, 0.25) is 0 Å². The molecule has 1 fully saturated rings. The van der Waals surface area contributed by atoms with Crippen molar-refractivity contribution >= 4 is 16.5 Å². The summed E-state index contributed by atoms with van der Waals surface area (Å²) in [5, 5.41) is 11.3. The average molecular weight is 333 g/mol. The van der Waals surface area contributed by atoms with Crippen molar-refractivity contribution in [1.29, 1.82) is 0 Å². The number of benzene rings is 1. The molecule has 1 aliphatic rings. The normalized spacial score (nSPS) is 17.2.